The Hall–Kier alpha value is -1.40. The standard InChI is InChI=1S/C10H16N2O4/c1-10(2,6-13)5-11-4-7-3-8(9(14)15)12-16-7/h3,11,13H,4-6H2,1-2H3,(H,14,15). The van der Waals surface area contributed by atoms with E-state index >= 15 is 0 Å². The van der Waals surface area contributed by atoms with Crippen molar-refractivity contribution in [2.45, 2.75) is 20.4 Å². The van der Waals surface area contributed by atoms with Crippen LogP contribution in [0.1, 0.15) is 30.1 Å². The molecule has 1 rings (SSSR count). The number of aliphatic hydroxyl groups is 1. The topological polar surface area (TPSA) is 95.6 Å². The van der Waals surface area contributed by atoms with Gasteiger partial charge in [-0.3, -0.25) is 0 Å². The van der Waals surface area contributed by atoms with Crippen LogP contribution in [0, 0.1) is 5.41 Å². The van der Waals surface area contributed by atoms with Gasteiger partial charge in [0.05, 0.1) is 6.54 Å². The first-order chi connectivity index (χ1) is 7.44. The van der Waals surface area contributed by atoms with Crippen LogP contribution in [0.2, 0.25) is 0 Å². The van der Waals surface area contributed by atoms with Crippen LogP contribution in [-0.2, 0) is 6.54 Å². The molecule has 0 bridgehead atoms. The van der Waals surface area contributed by atoms with E-state index in [9.17, 15) is 4.79 Å². The van der Waals surface area contributed by atoms with Gasteiger partial charge >= 0.3 is 5.97 Å². The number of carboxylic acid groups (broad SMARTS) is 1. The number of rotatable bonds is 6. The lowest BCUT2D eigenvalue weighted by Gasteiger charge is -2.21. The summed E-state index contributed by atoms with van der Waals surface area (Å²) in [6.45, 7) is 4.92. The Kier molecular flexibility index (Phi) is 4.03. The molecule has 1 aromatic heterocycles. The number of aliphatic hydroxyl groups excluding tert-OH is 1. The maximum absolute atomic E-state index is 10.5. The van der Waals surface area contributed by atoms with Gasteiger partial charge in [-0.2, -0.15) is 0 Å². The van der Waals surface area contributed by atoms with Gasteiger partial charge in [-0.1, -0.05) is 19.0 Å². The van der Waals surface area contributed by atoms with Gasteiger partial charge in [-0.15, -0.1) is 0 Å². The van der Waals surface area contributed by atoms with E-state index in [1.54, 1.807) is 0 Å². The molecule has 0 saturated heterocycles. The average molecular weight is 228 g/mol. The van der Waals surface area contributed by atoms with Gasteiger partial charge in [0.2, 0.25) is 0 Å². The monoisotopic (exact) mass is 228 g/mol. The second-order valence-electron chi connectivity index (χ2n) is 4.41. The fraction of sp³-hybridized carbons (Fsp3) is 0.600. The first-order valence-corrected chi connectivity index (χ1v) is 4.95. The number of hydrogen-bond donors (Lipinski definition) is 3. The molecule has 0 spiro atoms. The summed E-state index contributed by atoms with van der Waals surface area (Å²) in [6, 6.07) is 1.38. The lowest BCUT2D eigenvalue weighted by Crippen LogP contribution is -2.31. The Morgan fingerprint density at radius 1 is 1.62 bits per heavy atom. The van der Waals surface area contributed by atoms with Gasteiger partial charge < -0.3 is 20.1 Å². The van der Waals surface area contributed by atoms with Crippen LogP contribution in [0.4, 0.5) is 0 Å². The van der Waals surface area contributed by atoms with Crippen LogP contribution >= 0.6 is 0 Å². The molecule has 0 fully saturated rings. The summed E-state index contributed by atoms with van der Waals surface area (Å²) < 4.78 is 4.82. The number of nitrogens with zero attached hydrogens (tertiary/aromatic N) is 1. The molecule has 0 aromatic carbocycles. The lowest BCUT2D eigenvalue weighted by atomic mass is 9.95. The molecule has 0 atom stereocenters. The van der Waals surface area contributed by atoms with Crippen molar-refractivity contribution in [3.63, 3.8) is 0 Å². The van der Waals surface area contributed by atoms with E-state index in [1.165, 1.54) is 6.07 Å². The van der Waals surface area contributed by atoms with Crippen molar-refractivity contribution in [2.75, 3.05) is 13.2 Å². The van der Waals surface area contributed by atoms with Crippen LogP contribution in [0.5, 0.6) is 0 Å². The normalized spacial score (nSPS) is 11.7. The molecule has 0 aliphatic heterocycles. The quantitative estimate of drug-likeness (QED) is 0.655. The third kappa shape index (κ3) is 3.63. The second kappa shape index (κ2) is 5.09. The van der Waals surface area contributed by atoms with Gasteiger partial charge in [0.15, 0.2) is 11.5 Å². The zero-order valence-corrected chi connectivity index (χ0v) is 9.36. The number of aromatic carboxylic acids is 1. The molecule has 1 heterocycles. The summed E-state index contributed by atoms with van der Waals surface area (Å²) in [5, 5.41) is 24.1. The maximum atomic E-state index is 10.5. The van der Waals surface area contributed by atoms with E-state index in [0.717, 1.165) is 0 Å². The number of aromatic nitrogens is 1. The number of hydrogen-bond acceptors (Lipinski definition) is 5. The molecule has 1 aromatic rings. The van der Waals surface area contributed by atoms with E-state index in [4.69, 9.17) is 14.7 Å². The summed E-state index contributed by atoms with van der Waals surface area (Å²) in [5.41, 5.74) is -0.312. The second-order valence-corrected chi connectivity index (χ2v) is 4.41. The first-order valence-electron chi connectivity index (χ1n) is 4.95. The minimum Gasteiger partial charge on any atom is -0.476 e. The van der Waals surface area contributed by atoms with Crippen molar-refractivity contribution in [3.05, 3.63) is 17.5 Å². The predicted octanol–water partition coefficient (Wildman–Crippen LogP) is 0.481. The molecule has 0 aliphatic rings. The SMILES string of the molecule is CC(C)(CO)CNCc1cc(C(=O)O)no1. The fourth-order valence-electron chi connectivity index (χ4n) is 1.08. The highest BCUT2D eigenvalue weighted by Crippen LogP contribution is 2.12. The van der Waals surface area contributed by atoms with Crippen molar-refractivity contribution in [1.29, 1.82) is 0 Å². The Labute approximate surface area is 93.3 Å². The third-order valence-electron chi connectivity index (χ3n) is 2.11. The number of nitrogens with one attached hydrogen (secondary N) is 1. The molecule has 6 heteroatoms. The largest absolute Gasteiger partial charge is 0.476 e. The van der Waals surface area contributed by atoms with Crippen LogP contribution in [-0.4, -0.2) is 34.5 Å². The zero-order chi connectivity index (χ0) is 12.2. The van der Waals surface area contributed by atoms with Gasteiger partial charge in [0.1, 0.15) is 0 Å². The summed E-state index contributed by atoms with van der Waals surface area (Å²) in [4.78, 5) is 10.5. The Bertz CT molecular complexity index is 359. The van der Waals surface area contributed by atoms with Crippen molar-refractivity contribution in [1.82, 2.24) is 10.5 Å². The van der Waals surface area contributed by atoms with Gasteiger partial charge in [0.25, 0.3) is 0 Å². The highest BCUT2D eigenvalue weighted by molar-refractivity contribution is 5.85. The van der Waals surface area contributed by atoms with Gasteiger partial charge in [-0.25, -0.2) is 4.79 Å². The fourth-order valence-corrected chi connectivity index (χ4v) is 1.08. The number of carboxylic acids is 1. The van der Waals surface area contributed by atoms with Crippen molar-refractivity contribution >= 4 is 5.97 Å². The predicted molar refractivity (Wildman–Crippen MR) is 56.0 cm³/mol. The van der Waals surface area contributed by atoms with Gasteiger partial charge in [0, 0.05) is 24.6 Å². The Morgan fingerprint density at radius 3 is 2.81 bits per heavy atom. The molecule has 90 valence electrons. The molecular formula is C10H16N2O4. The van der Waals surface area contributed by atoms with E-state index in [0.29, 0.717) is 18.8 Å². The summed E-state index contributed by atoms with van der Waals surface area (Å²) in [7, 11) is 0. The summed E-state index contributed by atoms with van der Waals surface area (Å²) >= 11 is 0. The lowest BCUT2D eigenvalue weighted by molar-refractivity contribution is 0.0685. The smallest absolute Gasteiger partial charge is 0.358 e. The zero-order valence-electron chi connectivity index (χ0n) is 9.36. The molecule has 0 unspecified atom stereocenters. The molecular weight excluding hydrogens is 212 g/mol. The molecule has 0 saturated carbocycles. The minimum atomic E-state index is -1.11. The average Bonchev–Trinajstić information content (AvgIpc) is 2.66. The molecule has 0 amide bonds. The van der Waals surface area contributed by atoms with E-state index < -0.39 is 5.97 Å². The van der Waals surface area contributed by atoms with Crippen LogP contribution in [0.25, 0.3) is 0 Å². The van der Waals surface area contributed by atoms with Crippen LogP contribution < -0.4 is 5.32 Å². The van der Waals surface area contributed by atoms with Gasteiger partial charge in [-0.05, 0) is 0 Å². The molecule has 6 nitrogen and oxygen atoms in total. The van der Waals surface area contributed by atoms with Crippen LogP contribution in [0.15, 0.2) is 10.6 Å². The molecule has 0 aliphatic carbocycles. The Balaban J connectivity index is 2.40. The van der Waals surface area contributed by atoms with Crippen molar-refractivity contribution in [2.24, 2.45) is 5.41 Å². The van der Waals surface area contributed by atoms with Crippen LogP contribution in [0.3, 0.4) is 0 Å². The third-order valence-corrected chi connectivity index (χ3v) is 2.11. The molecule has 0 radical (unpaired) electrons. The maximum Gasteiger partial charge on any atom is 0.358 e. The molecule has 16 heavy (non-hydrogen) atoms. The van der Waals surface area contributed by atoms with E-state index in [1.807, 2.05) is 13.8 Å². The van der Waals surface area contributed by atoms with E-state index in [2.05, 4.69) is 10.5 Å². The number of carbonyl (C=O) groups is 1. The first kappa shape index (κ1) is 12.7. The molecule has 3 N–H and O–H groups in total. The summed E-state index contributed by atoms with van der Waals surface area (Å²) in [5.74, 6) is -0.642. The minimum absolute atomic E-state index is 0.0801. The summed E-state index contributed by atoms with van der Waals surface area (Å²) in [6.07, 6.45) is 0. The highest BCUT2D eigenvalue weighted by Gasteiger charge is 2.16. The highest BCUT2D eigenvalue weighted by atomic mass is 16.5. The Morgan fingerprint density at radius 2 is 2.31 bits per heavy atom. The van der Waals surface area contributed by atoms with Crippen molar-refractivity contribution in [3.8, 4) is 0 Å². The van der Waals surface area contributed by atoms with E-state index in [-0.39, 0.29) is 17.7 Å². The van der Waals surface area contributed by atoms with Crippen molar-refractivity contribution < 1.29 is 19.5 Å².